The molecule has 0 unspecified atom stereocenters. The van der Waals surface area contributed by atoms with E-state index in [2.05, 4.69) is 26.9 Å². The SMILES string of the molecule is N#CCCN(c1ccccc1)c1cc(Br)ccc1N. The lowest BCUT2D eigenvalue weighted by molar-refractivity contribution is 0.949. The number of benzene rings is 2. The molecule has 0 radical (unpaired) electrons. The first-order chi connectivity index (χ1) is 9.22. The van der Waals surface area contributed by atoms with Gasteiger partial charge in [-0.2, -0.15) is 5.26 Å². The number of nitrogens with two attached hydrogens (primary N) is 1. The number of anilines is 3. The van der Waals surface area contributed by atoms with Gasteiger partial charge in [0, 0.05) is 16.7 Å². The zero-order valence-corrected chi connectivity index (χ0v) is 12.0. The fourth-order valence-electron chi connectivity index (χ4n) is 1.91. The molecule has 2 aromatic rings. The number of nitrogens with zero attached hydrogens (tertiary/aromatic N) is 2. The maximum Gasteiger partial charge on any atom is 0.0656 e. The minimum Gasteiger partial charge on any atom is -0.397 e. The summed E-state index contributed by atoms with van der Waals surface area (Å²) in [7, 11) is 0. The van der Waals surface area contributed by atoms with Gasteiger partial charge >= 0.3 is 0 Å². The van der Waals surface area contributed by atoms with Crippen molar-refractivity contribution in [3.63, 3.8) is 0 Å². The van der Waals surface area contributed by atoms with Crippen LogP contribution >= 0.6 is 15.9 Å². The van der Waals surface area contributed by atoms with Gasteiger partial charge in [0.05, 0.1) is 23.9 Å². The number of rotatable bonds is 4. The summed E-state index contributed by atoms with van der Waals surface area (Å²) in [4.78, 5) is 2.06. The summed E-state index contributed by atoms with van der Waals surface area (Å²) in [6, 6.07) is 17.9. The van der Waals surface area contributed by atoms with E-state index in [0.717, 1.165) is 15.8 Å². The van der Waals surface area contributed by atoms with Crippen LogP contribution in [-0.4, -0.2) is 6.54 Å². The van der Waals surface area contributed by atoms with Crippen molar-refractivity contribution in [1.82, 2.24) is 0 Å². The zero-order chi connectivity index (χ0) is 13.7. The average Bonchev–Trinajstić information content (AvgIpc) is 2.44. The summed E-state index contributed by atoms with van der Waals surface area (Å²) in [6.07, 6.45) is 0.445. The summed E-state index contributed by atoms with van der Waals surface area (Å²) in [6.45, 7) is 0.612. The second kappa shape index (κ2) is 6.26. The Hall–Kier alpha value is -1.99. The Labute approximate surface area is 121 Å². The van der Waals surface area contributed by atoms with Crippen LogP contribution in [0.25, 0.3) is 0 Å². The molecule has 2 aromatic carbocycles. The minimum atomic E-state index is 0.445. The molecule has 0 aromatic heterocycles. The molecule has 4 heteroatoms. The predicted octanol–water partition coefficient (Wildman–Crippen LogP) is 4.08. The topological polar surface area (TPSA) is 53.0 Å². The van der Waals surface area contributed by atoms with E-state index in [1.54, 1.807) is 0 Å². The maximum atomic E-state index is 8.82. The monoisotopic (exact) mass is 315 g/mol. The van der Waals surface area contributed by atoms with Gasteiger partial charge in [0.15, 0.2) is 0 Å². The van der Waals surface area contributed by atoms with Gasteiger partial charge in [-0.1, -0.05) is 34.1 Å². The van der Waals surface area contributed by atoms with Gasteiger partial charge in [-0.25, -0.2) is 0 Å². The Kier molecular flexibility index (Phi) is 4.43. The first-order valence-corrected chi connectivity index (χ1v) is 6.76. The van der Waals surface area contributed by atoms with Crippen LogP contribution in [0.3, 0.4) is 0 Å². The normalized spacial score (nSPS) is 9.89. The Morgan fingerprint density at radius 2 is 1.89 bits per heavy atom. The van der Waals surface area contributed by atoms with Crippen molar-refractivity contribution in [1.29, 1.82) is 5.26 Å². The highest BCUT2D eigenvalue weighted by Crippen LogP contribution is 2.32. The lowest BCUT2D eigenvalue weighted by Gasteiger charge is -2.25. The molecular weight excluding hydrogens is 302 g/mol. The first-order valence-electron chi connectivity index (χ1n) is 5.97. The summed E-state index contributed by atoms with van der Waals surface area (Å²) in [5.41, 5.74) is 8.70. The van der Waals surface area contributed by atoms with E-state index in [1.165, 1.54) is 0 Å². The van der Waals surface area contributed by atoms with Crippen LogP contribution in [0.1, 0.15) is 6.42 Å². The van der Waals surface area contributed by atoms with Crippen molar-refractivity contribution in [2.24, 2.45) is 0 Å². The molecule has 0 spiro atoms. The van der Waals surface area contributed by atoms with Gasteiger partial charge in [-0.3, -0.25) is 0 Å². The van der Waals surface area contributed by atoms with Crippen LogP contribution in [-0.2, 0) is 0 Å². The second-order valence-corrected chi connectivity index (χ2v) is 5.01. The van der Waals surface area contributed by atoms with Crippen LogP contribution in [0.4, 0.5) is 17.1 Å². The smallest absolute Gasteiger partial charge is 0.0656 e. The molecule has 19 heavy (non-hydrogen) atoms. The second-order valence-electron chi connectivity index (χ2n) is 4.10. The molecular formula is C15H14BrN3. The van der Waals surface area contributed by atoms with Gasteiger partial charge in [0.2, 0.25) is 0 Å². The van der Waals surface area contributed by atoms with Crippen LogP contribution in [0, 0.1) is 11.3 Å². The summed E-state index contributed by atoms with van der Waals surface area (Å²) < 4.78 is 0.967. The highest BCUT2D eigenvalue weighted by molar-refractivity contribution is 9.10. The largest absolute Gasteiger partial charge is 0.397 e. The third-order valence-corrected chi connectivity index (χ3v) is 3.29. The van der Waals surface area contributed by atoms with Crippen LogP contribution in [0.2, 0.25) is 0 Å². The molecule has 0 heterocycles. The van der Waals surface area contributed by atoms with Crippen molar-refractivity contribution in [3.05, 3.63) is 53.0 Å². The quantitative estimate of drug-likeness (QED) is 0.865. The molecule has 0 saturated heterocycles. The maximum absolute atomic E-state index is 8.82. The van der Waals surface area contributed by atoms with E-state index in [-0.39, 0.29) is 0 Å². The van der Waals surface area contributed by atoms with Gasteiger partial charge in [0.25, 0.3) is 0 Å². The van der Waals surface area contributed by atoms with E-state index in [0.29, 0.717) is 18.7 Å². The molecule has 3 nitrogen and oxygen atoms in total. The van der Waals surface area contributed by atoms with Crippen LogP contribution < -0.4 is 10.6 Å². The van der Waals surface area contributed by atoms with Crippen molar-refractivity contribution in [2.45, 2.75) is 6.42 Å². The van der Waals surface area contributed by atoms with Crippen molar-refractivity contribution in [3.8, 4) is 6.07 Å². The van der Waals surface area contributed by atoms with Gasteiger partial charge in [-0.05, 0) is 30.3 Å². The van der Waals surface area contributed by atoms with E-state index < -0.39 is 0 Å². The fourth-order valence-corrected chi connectivity index (χ4v) is 2.26. The fraction of sp³-hybridized carbons (Fsp3) is 0.133. The summed E-state index contributed by atoms with van der Waals surface area (Å²) in [5, 5.41) is 8.82. The molecule has 96 valence electrons. The molecule has 0 bridgehead atoms. The number of para-hydroxylation sites is 1. The van der Waals surface area contributed by atoms with E-state index in [1.807, 2.05) is 48.5 Å². The highest BCUT2D eigenvalue weighted by atomic mass is 79.9. The minimum absolute atomic E-state index is 0.445. The number of halogens is 1. The van der Waals surface area contributed by atoms with Crippen LogP contribution in [0.5, 0.6) is 0 Å². The van der Waals surface area contributed by atoms with Crippen molar-refractivity contribution in [2.75, 3.05) is 17.2 Å². The zero-order valence-electron chi connectivity index (χ0n) is 10.4. The molecule has 0 aliphatic heterocycles. The van der Waals surface area contributed by atoms with E-state index in [9.17, 15) is 0 Å². The Morgan fingerprint density at radius 1 is 1.16 bits per heavy atom. The van der Waals surface area contributed by atoms with Gasteiger partial charge < -0.3 is 10.6 Å². The molecule has 0 aliphatic rings. The van der Waals surface area contributed by atoms with Gasteiger partial charge in [0.1, 0.15) is 0 Å². The molecule has 0 amide bonds. The van der Waals surface area contributed by atoms with E-state index >= 15 is 0 Å². The lowest BCUT2D eigenvalue weighted by atomic mass is 10.2. The Bertz CT molecular complexity index is 590. The molecule has 0 fully saturated rings. The predicted molar refractivity (Wildman–Crippen MR) is 82.2 cm³/mol. The number of hydrogen-bond donors (Lipinski definition) is 1. The third-order valence-electron chi connectivity index (χ3n) is 2.80. The lowest BCUT2D eigenvalue weighted by Crippen LogP contribution is -2.19. The molecule has 0 aliphatic carbocycles. The standard InChI is InChI=1S/C15H14BrN3/c16-12-7-8-14(18)15(11-12)19(10-4-9-17)13-5-2-1-3-6-13/h1-3,5-8,11H,4,10,18H2. The van der Waals surface area contributed by atoms with Crippen molar-refractivity contribution < 1.29 is 0 Å². The van der Waals surface area contributed by atoms with Gasteiger partial charge in [-0.15, -0.1) is 0 Å². The third kappa shape index (κ3) is 3.27. The Morgan fingerprint density at radius 3 is 2.58 bits per heavy atom. The summed E-state index contributed by atoms with van der Waals surface area (Å²) >= 11 is 3.46. The molecule has 0 atom stereocenters. The number of nitrogen functional groups attached to an aromatic ring is 1. The number of nitriles is 1. The van der Waals surface area contributed by atoms with Crippen molar-refractivity contribution >= 4 is 33.0 Å². The Balaban J connectivity index is 2.43. The van der Waals surface area contributed by atoms with Crippen LogP contribution in [0.15, 0.2) is 53.0 Å². The molecule has 0 saturated carbocycles. The molecule has 2 rings (SSSR count). The number of hydrogen-bond acceptors (Lipinski definition) is 3. The highest BCUT2D eigenvalue weighted by Gasteiger charge is 2.12. The van der Waals surface area contributed by atoms with E-state index in [4.69, 9.17) is 11.0 Å². The molecule has 2 N–H and O–H groups in total. The first kappa shape index (κ1) is 13.4. The summed E-state index contributed by atoms with van der Waals surface area (Å²) in [5.74, 6) is 0. The average molecular weight is 316 g/mol.